The van der Waals surface area contributed by atoms with Gasteiger partial charge in [-0.15, -0.1) is 24.0 Å². The van der Waals surface area contributed by atoms with E-state index in [4.69, 9.17) is 4.74 Å². The summed E-state index contributed by atoms with van der Waals surface area (Å²) in [5.41, 5.74) is 1.21. The molecular weight excluding hydrogens is 393 g/mol. The van der Waals surface area contributed by atoms with E-state index in [-0.39, 0.29) is 24.0 Å². The Balaban J connectivity index is 0.00000242. The minimum absolute atomic E-state index is 0. The van der Waals surface area contributed by atoms with Gasteiger partial charge in [0.2, 0.25) is 0 Å². The summed E-state index contributed by atoms with van der Waals surface area (Å²) in [5, 5.41) is 7.70. The van der Waals surface area contributed by atoms with Gasteiger partial charge < -0.3 is 15.0 Å². The molecule has 0 aromatic carbocycles. The second-order valence-electron chi connectivity index (χ2n) is 5.72. The molecule has 1 aromatic rings. The molecule has 0 radical (unpaired) electrons. The lowest BCUT2D eigenvalue weighted by Crippen LogP contribution is -2.41. The highest BCUT2D eigenvalue weighted by Crippen LogP contribution is 2.13. The molecule has 1 saturated heterocycles. The SMILES string of the molecule is CN=C(NCCCn1cc(C)cn1)N(C)CC1CCOC1.I. The van der Waals surface area contributed by atoms with Crippen molar-refractivity contribution >= 4 is 29.9 Å². The number of hydrogen-bond acceptors (Lipinski definition) is 3. The molecule has 1 fully saturated rings. The first-order valence-corrected chi connectivity index (χ1v) is 7.67. The highest BCUT2D eigenvalue weighted by atomic mass is 127. The number of aryl methyl sites for hydroxylation is 2. The molecule has 1 aliphatic heterocycles. The van der Waals surface area contributed by atoms with Gasteiger partial charge in [-0.1, -0.05) is 0 Å². The normalized spacial score (nSPS) is 18.1. The molecule has 0 spiro atoms. The smallest absolute Gasteiger partial charge is 0.193 e. The summed E-state index contributed by atoms with van der Waals surface area (Å²) >= 11 is 0. The minimum atomic E-state index is 0. The molecular formula is C15H28IN5O. The van der Waals surface area contributed by atoms with Crippen LogP contribution in [-0.2, 0) is 11.3 Å². The van der Waals surface area contributed by atoms with E-state index < -0.39 is 0 Å². The highest BCUT2D eigenvalue weighted by Gasteiger charge is 2.18. The van der Waals surface area contributed by atoms with E-state index in [1.807, 2.05) is 17.9 Å². The van der Waals surface area contributed by atoms with Gasteiger partial charge in [0.1, 0.15) is 0 Å². The molecule has 0 amide bonds. The van der Waals surface area contributed by atoms with Gasteiger partial charge in [0, 0.05) is 52.5 Å². The number of hydrogen-bond donors (Lipinski definition) is 1. The summed E-state index contributed by atoms with van der Waals surface area (Å²) < 4.78 is 7.41. The van der Waals surface area contributed by atoms with Gasteiger partial charge in [-0.3, -0.25) is 9.67 Å². The van der Waals surface area contributed by atoms with Crippen LogP contribution in [0.15, 0.2) is 17.4 Å². The van der Waals surface area contributed by atoms with E-state index in [0.29, 0.717) is 5.92 Å². The average molecular weight is 421 g/mol. The largest absolute Gasteiger partial charge is 0.381 e. The zero-order chi connectivity index (χ0) is 15.1. The molecule has 6 nitrogen and oxygen atoms in total. The van der Waals surface area contributed by atoms with E-state index in [1.165, 1.54) is 5.56 Å². The van der Waals surface area contributed by atoms with Gasteiger partial charge in [-0.2, -0.15) is 5.10 Å². The third-order valence-corrected chi connectivity index (χ3v) is 3.74. The third kappa shape index (κ3) is 6.12. The predicted octanol–water partition coefficient (Wildman–Crippen LogP) is 1.74. The molecule has 2 heterocycles. The van der Waals surface area contributed by atoms with E-state index in [2.05, 4.69) is 40.5 Å². The summed E-state index contributed by atoms with van der Waals surface area (Å²) in [5.74, 6) is 1.58. The summed E-state index contributed by atoms with van der Waals surface area (Å²) in [6.45, 7) is 6.66. The van der Waals surface area contributed by atoms with Crippen molar-refractivity contribution in [3.05, 3.63) is 18.0 Å². The van der Waals surface area contributed by atoms with Crippen LogP contribution in [0, 0.1) is 12.8 Å². The lowest BCUT2D eigenvalue weighted by Gasteiger charge is -2.24. The maximum Gasteiger partial charge on any atom is 0.193 e. The number of nitrogens with zero attached hydrogens (tertiary/aromatic N) is 4. The molecule has 0 aliphatic carbocycles. The summed E-state index contributed by atoms with van der Waals surface area (Å²) in [7, 11) is 3.92. The number of halogens is 1. The molecule has 1 aromatic heterocycles. The Bertz CT molecular complexity index is 457. The number of aliphatic imine (C=N–C) groups is 1. The van der Waals surface area contributed by atoms with Crippen molar-refractivity contribution in [1.29, 1.82) is 0 Å². The zero-order valence-electron chi connectivity index (χ0n) is 13.8. The van der Waals surface area contributed by atoms with Crippen molar-refractivity contribution in [3.63, 3.8) is 0 Å². The van der Waals surface area contributed by atoms with Crippen molar-refractivity contribution in [3.8, 4) is 0 Å². The maximum atomic E-state index is 5.42. The Morgan fingerprint density at radius 1 is 1.59 bits per heavy atom. The fourth-order valence-corrected chi connectivity index (χ4v) is 2.62. The Morgan fingerprint density at radius 2 is 2.41 bits per heavy atom. The Labute approximate surface area is 150 Å². The molecule has 7 heteroatoms. The number of nitrogens with one attached hydrogen (secondary N) is 1. The predicted molar refractivity (Wildman–Crippen MR) is 99.9 cm³/mol. The quantitative estimate of drug-likeness (QED) is 0.329. The number of aromatic nitrogens is 2. The van der Waals surface area contributed by atoms with Gasteiger partial charge in [0.05, 0.1) is 12.8 Å². The van der Waals surface area contributed by atoms with Crippen molar-refractivity contribution in [2.75, 3.05) is 40.4 Å². The van der Waals surface area contributed by atoms with E-state index in [0.717, 1.165) is 51.6 Å². The van der Waals surface area contributed by atoms with E-state index in [1.54, 1.807) is 0 Å². The highest BCUT2D eigenvalue weighted by molar-refractivity contribution is 14.0. The molecule has 0 saturated carbocycles. The van der Waals surface area contributed by atoms with Crippen LogP contribution < -0.4 is 5.32 Å². The monoisotopic (exact) mass is 421 g/mol. The fraction of sp³-hybridized carbons (Fsp3) is 0.733. The summed E-state index contributed by atoms with van der Waals surface area (Å²) in [6.07, 6.45) is 6.14. The molecule has 126 valence electrons. The van der Waals surface area contributed by atoms with Crippen molar-refractivity contribution in [2.24, 2.45) is 10.9 Å². The Kier molecular flexibility index (Phi) is 8.77. The van der Waals surface area contributed by atoms with Crippen LogP contribution >= 0.6 is 24.0 Å². The lowest BCUT2D eigenvalue weighted by molar-refractivity contribution is 0.181. The lowest BCUT2D eigenvalue weighted by atomic mass is 10.1. The molecule has 1 aliphatic rings. The zero-order valence-corrected chi connectivity index (χ0v) is 16.1. The van der Waals surface area contributed by atoms with Gasteiger partial charge in [-0.25, -0.2) is 0 Å². The molecule has 22 heavy (non-hydrogen) atoms. The van der Waals surface area contributed by atoms with Gasteiger partial charge in [0.15, 0.2) is 5.96 Å². The molecule has 1 N–H and O–H groups in total. The third-order valence-electron chi connectivity index (χ3n) is 3.74. The van der Waals surface area contributed by atoms with Crippen molar-refractivity contribution in [2.45, 2.75) is 26.3 Å². The first-order valence-electron chi connectivity index (χ1n) is 7.67. The van der Waals surface area contributed by atoms with Gasteiger partial charge in [-0.05, 0) is 25.3 Å². The van der Waals surface area contributed by atoms with E-state index in [9.17, 15) is 0 Å². The summed E-state index contributed by atoms with van der Waals surface area (Å²) in [4.78, 5) is 6.54. The van der Waals surface area contributed by atoms with Crippen LogP contribution in [0.2, 0.25) is 0 Å². The second kappa shape index (κ2) is 10.0. The molecule has 1 atom stereocenters. The van der Waals surface area contributed by atoms with Crippen LogP contribution in [0.1, 0.15) is 18.4 Å². The van der Waals surface area contributed by atoms with Gasteiger partial charge >= 0.3 is 0 Å². The van der Waals surface area contributed by atoms with Crippen LogP contribution in [0.5, 0.6) is 0 Å². The molecule has 2 rings (SSSR count). The molecule has 0 bridgehead atoms. The van der Waals surface area contributed by atoms with E-state index >= 15 is 0 Å². The first kappa shape index (κ1) is 19.2. The van der Waals surface area contributed by atoms with Crippen LogP contribution in [0.3, 0.4) is 0 Å². The Hall–Kier alpha value is -0.830. The standard InChI is InChI=1S/C15H27N5O.HI/c1-13-9-18-20(10-13)7-4-6-17-15(16-2)19(3)11-14-5-8-21-12-14;/h9-10,14H,4-8,11-12H2,1-3H3,(H,16,17);1H. The minimum Gasteiger partial charge on any atom is -0.381 e. The van der Waals surface area contributed by atoms with Crippen LogP contribution in [0.25, 0.3) is 0 Å². The fourth-order valence-electron chi connectivity index (χ4n) is 2.62. The number of rotatable bonds is 6. The molecule has 1 unspecified atom stereocenters. The number of guanidine groups is 1. The van der Waals surface area contributed by atoms with Gasteiger partial charge in [0.25, 0.3) is 0 Å². The second-order valence-corrected chi connectivity index (χ2v) is 5.72. The van der Waals surface area contributed by atoms with Crippen LogP contribution in [-0.4, -0.2) is 61.0 Å². The topological polar surface area (TPSA) is 54.7 Å². The van der Waals surface area contributed by atoms with Crippen molar-refractivity contribution in [1.82, 2.24) is 20.0 Å². The Morgan fingerprint density at radius 3 is 3.00 bits per heavy atom. The van der Waals surface area contributed by atoms with Crippen molar-refractivity contribution < 1.29 is 4.74 Å². The first-order chi connectivity index (χ1) is 10.2. The summed E-state index contributed by atoms with van der Waals surface area (Å²) in [6, 6.07) is 0. The average Bonchev–Trinajstić information content (AvgIpc) is 3.10. The van der Waals surface area contributed by atoms with Crippen LogP contribution in [0.4, 0.5) is 0 Å². The number of ether oxygens (including phenoxy) is 1. The maximum absolute atomic E-state index is 5.42.